The molecule has 134 valence electrons. The lowest BCUT2D eigenvalue weighted by Gasteiger charge is -2.30. The second kappa shape index (κ2) is 7.74. The van der Waals surface area contributed by atoms with Gasteiger partial charge in [-0.15, -0.1) is 0 Å². The van der Waals surface area contributed by atoms with E-state index < -0.39 is 6.43 Å². The fourth-order valence-corrected chi connectivity index (χ4v) is 3.12. The second-order valence-corrected chi connectivity index (χ2v) is 6.22. The Labute approximate surface area is 145 Å². The number of carbonyl (C=O) groups is 1. The van der Waals surface area contributed by atoms with E-state index in [1.165, 1.54) is 0 Å². The lowest BCUT2D eigenvalue weighted by molar-refractivity contribution is -0.121. The Kier molecular flexibility index (Phi) is 5.43. The van der Waals surface area contributed by atoms with Crippen molar-refractivity contribution in [3.63, 3.8) is 0 Å². The predicted molar refractivity (Wildman–Crippen MR) is 92.1 cm³/mol. The van der Waals surface area contributed by atoms with Crippen molar-refractivity contribution in [2.45, 2.75) is 19.3 Å². The molecule has 7 heteroatoms. The molecule has 5 nitrogen and oxygen atoms in total. The molecule has 1 aliphatic rings. The number of likely N-dealkylation sites (tertiary alicyclic amines) is 1. The Balaban J connectivity index is 1.60. The van der Waals surface area contributed by atoms with E-state index in [1.807, 2.05) is 18.2 Å². The number of rotatable bonds is 5. The summed E-state index contributed by atoms with van der Waals surface area (Å²) >= 11 is 0. The first-order valence-electron chi connectivity index (χ1n) is 8.31. The zero-order valence-corrected chi connectivity index (χ0v) is 14.0. The Hall–Kier alpha value is -2.28. The first kappa shape index (κ1) is 17.5. The van der Waals surface area contributed by atoms with E-state index in [2.05, 4.69) is 10.3 Å². The lowest BCUT2D eigenvalue weighted by atomic mass is 9.96. The smallest absolute Gasteiger partial charge is 0.251 e. The van der Waals surface area contributed by atoms with E-state index in [-0.39, 0.29) is 18.4 Å². The molecule has 3 rings (SSSR count). The van der Waals surface area contributed by atoms with Crippen LogP contribution in [0.15, 0.2) is 30.3 Å². The van der Waals surface area contributed by atoms with Gasteiger partial charge in [-0.25, -0.2) is 13.8 Å². The molecule has 2 heterocycles. The van der Waals surface area contributed by atoms with Gasteiger partial charge in [-0.3, -0.25) is 9.69 Å². The van der Waals surface area contributed by atoms with E-state index in [0.29, 0.717) is 37.5 Å². The van der Waals surface area contributed by atoms with Gasteiger partial charge in [0.2, 0.25) is 11.8 Å². The number of hydrogen-bond donors (Lipinski definition) is 1. The summed E-state index contributed by atoms with van der Waals surface area (Å²) in [6.07, 6.45) is -1.12. The van der Waals surface area contributed by atoms with E-state index in [9.17, 15) is 13.6 Å². The van der Waals surface area contributed by atoms with Gasteiger partial charge >= 0.3 is 0 Å². The number of benzene rings is 1. The van der Waals surface area contributed by atoms with Crippen molar-refractivity contribution in [2.75, 3.05) is 32.1 Å². The number of aromatic nitrogens is 1. The molecule has 1 aromatic heterocycles. The molecule has 0 spiro atoms. The van der Waals surface area contributed by atoms with Gasteiger partial charge in [-0.05, 0) is 50.2 Å². The average molecular weight is 349 g/mol. The summed E-state index contributed by atoms with van der Waals surface area (Å²) in [4.78, 5) is 18.5. The van der Waals surface area contributed by atoms with E-state index in [4.69, 9.17) is 4.74 Å². The minimum absolute atomic E-state index is 0.0579. The number of piperidine rings is 1. The molecule has 1 amide bonds. The first-order chi connectivity index (χ1) is 12.0. The molecular formula is C18H21F2N3O2. The fraction of sp³-hybridized carbons (Fsp3) is 0.444. The number of methoxy groups -OCH3 is 1. The Morgan fingerprint density at radius 2 is 2.08 bits per heavy atom. The van der Waals surface area contributed by atoms with Crippen LogP contribution < -0.4 is 10.1 Å². The Bertz CT molecular complexity index is 746. The summed E-state index contributed by atoms with van der Waals surface area (Å²) in [7, 11) is 1.56. The van der Waals surface area contributed by atoms with Gasteiger partial charge in [0.1, 0.15) is 0 Å². The maximum absolute atomic E-state index is 12.4. The molecular weight excluding hydrogens is 328 g/mol. The van der Waals surface area contributed by atoms with Gasteiger partial charge in [0.25, 0.3) is 6.43 Å². The van der Waals surface area contributed by atoms with E-state index in [1.54, 1.807) is 24.1 Å². The lowest BCUT2D eigenvalue weighted by Crippen LogP contribution is -2.40. The monoisotopic (exact) mass is 349 g/mol. The number of anilines is 1. The van der Waals surface area contributed by atoms with E-state index >= 15 is 0 Å². The standard InChI is InChI=1S/C18H21F2N3O2/c1-25-17-5-2-13-10-14(3-4-15(13)22-17)21-18(24)12-6-8-23(9-7-12)11-16(19)20/h2-5,10,12,16H,6-9,11H2,1H3,(H,21,24). The fourth-order valence-electron chi connectivity index (χ4n) is 3.12. The molecule has 0 unspecified atom stereocenters. The minimum atomic E-state index is -2.32. The molecule has 1 aliphatic heterocycles. The first-order valence-corrected chi connectivity index (χ1v) is 8.31. The van der Waals surface area contributed by atoms with Crippen molar-refractivity contribution < 1.29 is 18.3 Å². The maximum Gasteiger partial charge on any atom is 0.251 e. The third-order valence-corrected chi connectivity index (χ3v) is 4.49. The zero-order valence-electron chi connectivity index (χ0n) is 14.0. The largest absolute Gasteiger partial charge is 0.481 e. The minimum Gasteiger partial charge on any atom is -0.481 e. The molecule has 0 radical (unpaired) electrons. The number of fused-ring (bicyclic) bond motifs is 1. The number of nitrogens with one attached hydrogen (secondary N) is 1. The number of carbonyl (C=O) groups excluding carboxylic acids is 1. The summed E-state index contributed by atoms with van der Waals surface area (Å²) < 4.78 is 29.9. The van der Waals surface area contributed by atoms with Gasteiger partial charge in [-0.2, -0.15) is 0 Å². The highest BCUT2D eigenvalue weighted by atomic mass is 19.3. The molecule has 1 N–H and O–H groups in total. The third-order valence-electron chi connectivity index (χ3n) is 4.49. The number of ether oxygens (including phenoxy) is 1. The van der Waals surface area contributed by atoms with Gasteiger partial charge in [-0.1, -0.05) is 0 Å². The summed E-state index contributed by atoms with van der Waals surface area (Å²) in [5, 5.41) is 3.83. The number of nitrogens with zero attached hydrogens (tertiary/aromatic N) is 2. The van der Waals surface area contributed by atoms with Crippen molar-refractivity contribution in [3.8, 4) is 5.88 Å². The maximum atomic E-state index is 12.4. The summed E-state index contributed by atoms with van der Waals surface area (Å²) in [5.74, 6) is 0.343. The Morgan fingerprint density at radius 1 is 1.32 bits per heavy atom. The van der Waals surface area contributed by atoms with Crippen molar-refractivity contribution in [1.29, 1.82) is 0 Å². The van der Waals surface area contributed by atoms with Crippen molar-refractivity contribution >= 4 is 22.5 Å². The normalized spacial score (nSPS) is 16.3. The second-order valence-electron chi connectivity index (χ2n) is 6.22. The molecule has 1 fully saturated rings. The highest BCUT2D eigenvalue weighted by Crippen LogP contribution is 2.23. The number of alkyl halides is 2. The quantitative estimate of drug-likeness (QED) is 0.901. The molecule has 0 bridgehead atoms. The number of pyridine rings is 1. The highest BCUT2D eigenvalue weighted by Gasteiger charge is 2.26. The van der Waals surface area contributed by atoms with Crippen LogP contribution in [0.2, 0.25) is 0 Å². The van der Waals surface area contributed by atoms with Crippen LogP contribution in [-0.2, 0) is 4.79 Å². The molecule has 1 saturated heterocycles. The molecule has 25 heavy (non-hydrogen) atoms. The van der Waals surface area contributed by atoms with Gasteiger partial charge in [0.05, 0.1) is 19.2 Å². The number of hydrogen-bond acceptors (Lipinski definition) is 4. The highest BCUT2D eigenvalue weighted by molar-refractivity contribution is 5.95. The van der Waals surface area contributed by atoms with Crippen molar-refractivity contribution in [2.24, 2.45) is 5.92 Å². The van der Waals surface area contributed by atoms with Crippen LogP contribution in [0.1, 0.15) is 12.8 Å². The predicted octanol–water partition coefficient (Wildman–Crippen LogP) is 3.16. The van der Waals surface area contributed by atoms with Crippen LogP contribution in [0.25, 0.3) is 10.9 Å². The van der Waals surface area contributed by atoms with Gasteiger partial charge in [0, 0.05) is 23.1 Å². The van der Waals surface area contributed by atoms with Crippen LogP contribution in [0.3, 0.4) is 0 Å². The van der Waals surface area contributed by atoms with Crippen LogP contribution in [0, 0.1) is 5.92 Å². The molecule has 2 aromatic rings. The number of halogens is 2. The van der Waals surface area contributed by atoms with Crippen LogP contribution in [0.5, 0.6) is 5.88 Å². The van der Waals surface area contributed by atoms with E-state index in [0.717, 1.165) is 10.9 Å². The van der Waals surface area contributed by atoms with Crippen molar-refractivity contribution in [1.82, 2.24) is 9.88 Å². The Morgan fingerprint density at radius 3 is 2.76 bits per heavy atom. The molecule has 0 aliphatic carbocycles. The topological polar surface area (TPSA) is 54.5 Å². The molecule has 1 aromatic carbocycles. The van der Waals surface area contributed by atoms with Crippen LogP contribution in [0.4, 0.5) is 14.5 Å². The third kappa shape index (κ3) is 4.42. The van der Waals surface area contributed by atoms with Crippen molar-refractivity contribution in [3.05, 3.63) is 30.3 Å². The van der Waals surface area contributed by atoms with Crippen LogP contribution >= 0.6 is 0 Å². The van der Waals surface area contributed by atoms with Crippen LogP contribution in [-0.4, -0.2) is 49.0 Å². The summed E-state index contributed by atoms with van der Waals surface area (Å²) in [5.41, 5.74) is 1.50. The number of amides is 1. The summed E-state index contributed by atoms with van der Waals surface area (Å²) in [6.45, 7) is 0.850. The molecule has 0 saturated carbocycles. The summed E-state index contributed by atoms with van der Waals surface area (Å²) in [6, 6.07) is 9.16. The molecule has 0 atom stereocenters. The SMILES string of the molecule is COc1ccc2cc(NC(=O)C3CCN(CC(F)F)CC3)ccc2n1. The van der Waals surface area contributed by atoms with Gasteiger partial charge < -0.3 is 10.1 Å². The average Bonchev–Trinajstić information content (AvgIpc) is 2.61. The zero-order chi connectivity index (χ0) is 17.8. The van der Waals surface area contributed by atoms with Gasteiger partial charge in [0.15, 0.2) is 0 Å².